The molecule has 0 radical (unpaired) electrons. The van der Waals surface area contributed by atoms with Crippen molar-refractivity contribution < 1.29 is 27.8 Å². The van der Waals surface area contributed by atoms with E-state index in [1.54, 1.807) is 20.8 Å². The number of rotatable bonds is 1. The molecule has 0 saturated carbocycles. The fraction of sp³-hybridized carbons (Fsp3) is 0.765. The molecule has 0 bridgehead atoms. The van der Waals surface area contributed by atoms with E-state index in [9.17, 15) is 23.1 Å². The molecule has 0 spiro atoms. The van der Waals surface area contributed by atoms with Gasteiger partial charge in [0.05, 0.1) is 18.8 Å². The Morgan fingerprint density at radius 1 is 1.35 bits per heavy atom. The summed E-state index contributed by atoms with van der Waals surface area (Å²) >= 11 is 0. The summed E-state index contributed by atoms with van der Waals surface area (Å²) in [6.07, 6.45) is -1.29. The average Bonchev–Trinajstić information content (AvgIpc) is 2.84. The molecule has 3 heterocycles. The van der Waals surface area contributed by atoms with Crippen LogP contribution in [0.3, 0.4) is 0 Å². The van der Waals surface area contributed by atoms with Crippen LogP contribution in [0.1, 0.15) is 50.6 Å². The second-order valence-electron chi connectivity index (χ2n) is 8.15. The van der Waals surface area contributed by atoms with Gasteiger partial charge in [0.25, 0.3) is 5.92 Å². The summed E-state index contributed by atoms with van der Waals surface area (Å²) < 4.78 is 49.0. The number of ether oxygens (including phenoxy) is 1. The SMILES string of the molecule is CC(C)(C)OC(=O)N1CCc2nn3c(c2C1)C(F)(F)CCC(O)(CF)C3. The van der Waals surface area contributed by atoms with Gasteiger partial charge in [-0.2, -0.15) is 13.9 Å². The van der Waals surface area contributed by atoms with Crippen molar-refractivity contribution >= 4 is 6.09 Å². The highest BCUT2D eigenvalue weighted by Gasteiger charge is 2.47. The molecule has 26 heavy (non-hydrogen) atoms. The summed E-state index contributed by atoms with van der Waals surface area (Å²) in [6, 6.07) is 0. The Bertz CT molecular complexity index is 714. The Balaban J connectivity index is 1.93. The first-order valence-electron chi connectivity index (χ1n) is 8.67. The lowest BCUT2D eigenvalue weighted by molar-refractivity contribution is -0.0475. The van der Waals surface area contributed by atoms with Crippen molar-refractivity contribution in [3.63, 3.8) is 0 Å². The van der Waals surface area contributed by atoms with Gasteiger partial charge in [0.2, 0.25) is 0 Å². The lowest BCUT2D eigenvalue weighted by Gasteiger charge is -2.30. The highest BCUT2D eigenvalue weighted by molar-refractivity contribution is 5.68. The predicted molar refractivity (Wildman–Crippen MR) is 86.6 cm³/mol. The van der Waals surface area contributed by atoms with Crippen molar-refractivity contribution in [3.05, 3.63) is 17.0 Å². The summed E-state index contributed by atoms with van der Waals surface area (Å²) in [5, 5.41) is 14.4. The van der Waals surface area contributed by atoms with Gasteiger partial charge in [-0.05, 0) is 27.2 Å². The molecule has 0 aliphatic carbocycles. The number of hydrogen-bond acceptors (Lipinski definition) is 4. The van der Waals surface area contributed by atoms with Gasteiger partial charge in [0.15, 0.2) is 0 Å². The van der Waals surface area contributed by atoms with Crippen LogP contribution in [-0.4, -0.2) is 50.3 Å². The molecule has 0 fully saturated rings. The first kappa shape index (κ1) is 19.0. The van der Waals surface area contributed by atoms with Crippen LogP contribution >= 0.6 is 0 Å². The maximum absolute atomic E-state index is 14.7. The van der Waals surface area contributed by atoms with Crippen LogP contribution in [-0.2, 0) is 30.2 Å². The largest absolute Gasteiger partial charge is 0.444 e. The van der Waals surface area contributed by atoms with E-state index in [2.05, 4.69) is 5.10 Å². The molecule has 2 aliphatic rings. The smallest absolute Gasteiger partial charge is 0.410 e. The molecule has 2 aliphatic heterocycles. The number of hydrogen-bond donors (Lipinski definition) is 1. The minimum atomic E-state index is -3.25. The monoisotopic (exact) mass is 375 g/mol. The van der Waals surface area contributed by atoms with Gasteiger partial charge in [-0.3, -0.25) is 4.68 Å². The second-order valence-corrected chi connectivity index (χ2v) is 8.15. The Morgan fingerprint density at radius 3 is 2.65 bits per heavy atom. The third-order valence-electron chi connectivity index (χ3n) is 4.70. The van der Waals surface area contributed by atoms with Crippen molar-refractivity contribution in [2.75, 3.05) is 13.2 Å². The number of nitrogens with zero attached hydrogens (tertiary/aromatic N) is 3. The van der Waals surface area contributed by atoms with Gasteiger partial charge in [-0.25, -0.2) is 9.18 Å². The molecule has 146 valence electrons. The van der Waals surface area contributed by atoms with E-state index in [0.29, 0.717) is 18.7 Å². The third-order valence-corrected chi connectivity index (χ3v) is 4.70. The van der Waals surface area contributed by atoms with E-state index in [0.717, 1.165) is 4.68 Å². The number of aromatic nitrogens is 2. The summed E-state index contributed by atoms with van der Waals surface area (Å²) in [5.41, 5.74) is -2.13. The van der Waals surface area contributed by atoms with Crippen LogP contribution in [0.5, 0.6) is 0 Å². The zero-order chi connectivity index (χ0) is 19.3. The zero-order valence-corrected chi connectivity index (χ0v) is 15.2. The first-order valence-corrected chi connectivity index (χ1v) is 8.67. The lowest BCUT2D eigenvalue weighted by Crippen LogP contribution is -2.40. The normalized spacial score (nSPS) is 25.3. The van der Waals surface area contributed by atoms with Crippen LogP contribution in [0.25, 0.3) is 0 Å². The lowest BCUT2D eigenvalue weighted by atomic mass is 9.96. The molecule has 0 aromatic carbocycles. The number of halogens is 3. The molecule has 0 saturated heterocycles. The number of aliphatic hydroxyl groups is 1. The van der Waals surface area contributed by atoms with Crippen LogP contribution in [0.4, 0.5) is 18.0 Å². The van der Waals surface area contributed by atoms with Crippen molar-refractivity contribution in [1.82, 2.24) is 14.7 Å². The molecular formula is C17H24F3N3O3. The Morgan fingerprint density at radius 2 is 2.04 bits per heavy atom. The molecule has 1 aromatic rings. The summed E-state index contributed by atoms with van der Waals surface area (Å²) in [6.45, 7) is 4.03. The van der Waals surface area contributed by atoms with E-state index in [-0.39, 0.29) is 30.8 Å². The molecule has 3 rings (SSSR count). The van der Waals surface area contributed by atoms with Crippen molar-refractivity contribution in [2.45, 2.75) is 70.2 Å². The maximum atomic E-state index is 14.7. The number of fused-ring (bicyclic) bond motifs is 3. The van der Waals surface area contributed by atoms with Crippen LogP contribution in [0.2, 0.25) is 0 Å². The standard InChI is InChI=1S/C17H24F3N3O3/c1-15(2,3)26-14(24)22-7-4-12-11(8-22)13-17(19,20)6-5-16(25,9-18)10-23(13)21-12/h25H,4-10H2,1-3H3. The Labute approximate surface area is 149 Å². The van der Waals surface area contributed by atoms with Gasteiger partial charge >= 0.3 is 6.09 Å². The fourth-order valence-corrected chi connectivity index (χ4v) is 3.41. The number of carbonyl (C=O) groups is 1. The molecule has 1 unspecified atom stereocenters. The first-order chi connectivity index (χ1) is 11.9. The summed E-state index contributed by atoms with van der Waals surface area (Å²) in [5.74, 6) is -3.25. The van der Waals surface area contributed by atoms with Gasteiger partial charge in [-0.15, -0.1) is 0 Å². The van der Waals surface area contributed by atoms with Gasteiger partial charge < -0.3 is 14.7 Å². The average molecular weight is 375 g/mol. The van der Waals surface area contributed by atoms with E-state index >= 15 is 0 Å². The molecule has 1 atom stereocenters. The Kier molecular flexibility index (Phi) is 4.49. The number of carbonyl (C=O) groups excluding carboxylic acids is 1. The number of amides is 1. The van der Waals surface area contributed by atoms with Crippen LogP contribution < -0.4 is 0 Å². The topological polar surface area (TPSA) is 67.6 Å². The molecule has 1 amide bonds. The Hall–Kier alpha value is -1.77. The van der Waals surface area contributed by atoms with Gasteiger partial charge in [-0.1, -0.05) is 0 Å². The fourth-order valence-electron chi connectivity index (χ4n) is 3.41. The molecule has 6 nitrogen and oxygen atoms in total. The van der Waals surface area contributed by atoms with Gasteiger partial charge in [0.1, 0.15) is 23.6 Å². The predicted octanol–water partition coefficient (Wildman–Crippen LogP) is 2.76. The molecule has 1 aromatic heterocycles. The van der Waals surface area contributed by atoms with E-state index in [1.165, 1.54) is 4.90 Å². The third kappa shape index (κ3) is 3.54. The van der Waals surface area contributed by atoms with E-state index in [4.69, 9.17) is 4.74 Å². The molecule has 9 heteroatoms. The molecular weight excluding hydrogens is 351 g/mol. The highest BCUT2D eigenvalue weighted by Crippen LogP contribution is 2.42. The second kappa shape index (κ2) is 6.14. The van der Waals surface area contributed by atoms with Crippen molar-refractivity contribution in [1.29, 1.82) is 0 Å². The van der Waals surface area contributed by atoms with Crippen molar-refractivity contribution in [3.8, 4) is 0 Å². The summed E-state index contributed by atoms with van der Waals surface area (Å²) in [7, 11) is 0. The molecule has 1 N–H and O–H groups in total. The van der Waals surface area contributed by atoms with Crippen molar-refractivity contribution in [2.24, 2.45) is 0 Å². The van der Waals surface area contributed by atoms with Gasteiger partial charge in [0, 0.05) is 24.9 Å². The minimum Gasteiger partial charge on any atom is -0.444 e. The highest BCUT2D eigenvalue weighted by atomic mass is 19.3. The zero-order valence-electron chi connectivity index (χ0n) is 15.2. The summed E-state index contributed by atoms with van der Waals surface area (Å²) in [4.78, 5) is 13.7. The minimum absolute atomic E-state index is 0.0385. The van der Waals surface area contributed by atoms with Crippen LogP contribution in [0.15, 0.2) is 0 Å². The van der Waals surface area contributed by atoms with E-state index < -0.39 is 36.3 Å². The van der Waals surface area contributed by atoms with Crippen LogP contribution in [0, 0.1) is 0 Å². The number of alkyl halides is 3. The van der Waals surface area contributed by atoms with E-state index in [1.807, 2.05) is 0 Å². The quantitative estimate of drug-likeness (QED) is 0.820. The maximum Gasteiger partial charge on any atom is 0.410 e.